The van der Waals surface area contributed by atoms with Gasteiger partial charge in [-0.15, -0.1) is 0 Å². The van der Waals surface area contributed by atoms with E-state index in [0.717, 1.165) is 43.3 Å². The Bertz CT molecular complexity index is 630. The zero-order chi connectivity index (χ0) is 18.8. The van der Waals surface area contributed by atoms with Gasteiger partial charge >= 0.3 is 5.97 Å². The molecule has 0 spiro atoms. The highest BCUT2D eigenvalue weighted by atomic mass is 79.9. The van der Waals surface area contributed by atoms with Crippen LogP contribution in [0, 0.1) is 5.92 Å². The number of hydrogen-bond donors (Lipinski definition) is 1. The predicted molar refractivity (Wildman–Crippen MR) is 102 cm³/mol. The number of aliphatic hydroxyl groups is 1. The number of rotatable bonds is 6. The van der Waals surface area contributed by atoms with Crippen molar-refractivity contribution in [3.05, 3.63) is 35.9 Å². The van der Waals surface area contributed by atoms with Crippen LogP contribution in [0.25, 0.3) is 0 Å². The van der Waals surface area contributed by atoms with Gasteiger partial charge in [-0.1, -0.05) is 43.2 Å². The molecular weight excluding hydrogens is 406 g/mol. The van der Waals surface area contributed by atoms with Gasteiger partial charge in [0.2, 0.25) is 0 Å². The molecule has 2 atom stereocenters. The van der Waals surface area contributed by atoms with Gasteiger partial charge in [-0.25, -0.2) is 4.79 Å². The number of quaternary nitrogens is 1. The van der Waals surface area contributed by atoms with Crippen molar-refractivity contribution in [3.63, 3.8) is 0 Å². The van der Waals surface area contributed by atoms with Gasteiger partial charge < -0.3 is 31.3 Å². The summed E-state index contributed by atoms with van der Waals surface area (Å²) < 4.78 is 6.61. The van der Waals surface area contributed by atoms with E-state index in [-0.39, 0.29) is 28.4 Å². The average molecular weight is 440 g/mol. The lowest BCUT2D eigenvalue weighted by atomic mass is 9.80. The number of benzene rings is 1. The molecule has 0 radical (unpaired) electrons. The summed E-state index contributed by atoms with van der Waals surface area (Å²) in [5.41, 5.74) is -0.636. The van der Waals surface area contributed by atoms with Gasteiger partial charge in [0.05, 0.1) is 19.1 Å². The molecule has 1 heterocycles. The Morgan fingerprint density at radius 2 is 1.85 bits per heavy atom. The van der Waals surface area contributed by atoms with Crippen LogP contribution in [0.1, 0.15) is 57.9 Å². The molecule has 4 nitrogen and oxygen atoms in total. The van der Waals surface area contributed by atoms with Crippen LogP contribution in [0.4, 0.5) is 0 Å². The minimum Gasteiger partial charge on any atom is -1.00 e. The van der Waals surface area contributed by atoms with Gasteiger partial charge in [-0.2, -0.15) is 0 Å². The van der Waals surface area contributed by atoms with Crippen LogP contribution >= 0.6 is 0 Å². The van der Waals surface area contributed by atoms with Gasteiger partial charge in [0.1, 0.15) is 13.2 Å². The Labute approximate surface area is 174 Å². The van der Waals surface area contributed by atoms with E-state index >= 15 is 0 Å². The maximum Gasteiger partial charge on any atom is 0.343 e. The van der Waals surface area contributed by atoms with E-state index in [9.17, 15) is 9.90 Å². The normalized spacial score (nSPS) is 27.0. The first-order valence-electron chi connectivity index (χ1n) is 10.1. The van der Waals surface area contributed by atoms with Crippen molar-refractivity contribution in [1.29, 1.82) is 0 Å². The Hall–Kier alpha value is -0.910. The van der Waals surface area contributed by atoms with Crippen LogP contribution in [0.15, 0.2) is 30.3 Å². The second-order valence-corrected chi connectivity index (χ2v) is 9.01. The van der Waals surface area contributed by atoms with Gasteiger partial charge in [-0.3, -0.25) is 0 Å². The number of carbonyl (C=O) groups excluding carboxylic acids is 1. The summed E-state index contributed by atoms with van der Waals surface area (Å²) in [5, 5.41) is 11.4. The smallest absolute Gasteiger partial charge is 0.343 e. The van der Waals surface area contributed by atoms with Crippen molar-refractivity contribution in [2.75, 3.05) is 26.7 Å². The third-order valence-corrected chi connectivity index (χ3v) is 7.19. The molecule has 1 aliphatic carbocycles. The third kappa shape index (κ3) is 4.25. The first kappa shape index (κ1) is 22.4. The van der Waals surface area contributed by atoms with Gasteiger partial charge in [0, 0.05) is 18.8 Å². The zero-order valence-electron chi connectivity index (χ0n) is 16.9. The largest absolute Gasteiger partial charge is 1.00 e. The van der Waals surface area contributed by atoms with Crippen molar-refractivity contribution in [1.82, 2.24) is 0 Å². The van der Waals surface area contributed by atoms with Crippen LogP contribution in [0.5, 0.6) is 0 Å². The molecule has 27 heavy (non-hydrogen) atoms. The molecular formula is C22H34BrNO3. The number of halogens is 1. The number of hydrogen-bond acceptors (Lipinski definition) is 3. The number of nitrogens with zero attached hydrogens (tertiary/aromatic N) is 1. The summed E-state index contributed by atoms with van der Waals surface area (Å²) in [7, 11) is 2.25. The van der Waals surface area contributed by atoms with Crippen LogP contribution in [0.2, 0.25) is 0 Å². The maximum atomic E-state index is 13.0. The molecule has 2 aliphatic rings. The molecule has 3 rings (SSSR count). The van der Waals surface area contributed by atoms with E-state index in [1.54, 1.807) is 0 Å². The lowest BCUT2D eigenvalue weighted by Gasteiger charge is -2.42. The van der Waals surface area contributed by atoms with Crippen molar-refractivity contribution >= 4 is 5.97 Å². The monoisotopic (exact) mass is 439 g/mol. The van der Waals surface area contributed by atoms with Gasteiger partial charge in [0.15, 0.2) is 5.60 Å². The Morgan fingerprint density at radius 3 is 2.41 bits per heavy atom. The predicted octanol–water partition coefficient (Wildman–Crippen LogP) is 0.631. The van der Waals surface area contributed by atoms with E-state index in [1.165, 1.54) is 12.8 Å². The Kier molecular flexibility index (Phi) is 7.15. The molecule has 0 bridgehead atoms. The average Bonchev–Trinajstić information content (AvgIpc) is 3.24. The van der Waals surface area contributed by atoms with Crippen LogP contribution in [-0.2, 0) is 15.1 Å². The molecule has 0 aromatic heterocycles. The maximum absolute atomic E-state index is 13.0. The lowest BCUT2D eigenvalue weighted by Crippen LogP contribution is -3.00. The molecule has 1 saturated carbocycles. The lowest BCUT2D eigenvalue weighted by molar-refractivity contribution is -0.942. The Balaban J connectivity index is 0.00000261. The quantitative estimate of drug-likeness (QED) is 0.522. The topological polar surface area (TPSA) is 46.5 Å². The molecule has 1 saturated heterocycles. The zero-order valence-corrected chi connectivity index (χ0v) is 18.5. The van der Waals surface area contributed by atoms with Gasteiger partial charge in [-0.05, 0) is 32.3 Å². The summed E-state index contributed by atoms with van der Waals surface area (Å²) in [6, 6.07) is 9.35. The standard InChI is InChI=1S/C22H34NO3.BrH/c1-21(2)14-9-15-23(21,3)16-17-26-20(24)22(25,19-12-7-8-13-19)18-10-5-4-6-11-18;/h4-6,10-11,19,25H,7-9,12-17H2,1-3H3;1H/q+1;/p-1. The minimum atomic E-state index is -1.52. The summed E-state index contributed by atoms with van der Waals surface area (Å²) in [4.78, 5) is 13.0. The molecule has 0 amide bonds. The first-order valence-corrected chi connectivity index (χ1v) is 10.1. The van der Waals surface area contributed by atoms with E-state index in [2.05, 4.69) is 20.9 Å². The summed E-state index contributed by atoms with van der Waals surface area (Å²) in [5.74, 6) is -0.524. The summed E-state index contributed by atoms with van der Waals surface area (Å²) >= 11 is 0. The molecule has 1 N–H and O–H groups in total. The minimum absolute atomic E-state index is 0. The van der Waals surface area contributed by atoms with E-state index < -0.39 is 11.6 Å². The third-order valence-electron chi connectivity index (χ3n) is 7.19. The van der Waals surface area contributed by atoms with E-state index in [1.807, 2.05) is 30.3 Å². The number of likely N-dealkylation sites (N-methyl/N-ethyl adjacent to an activating group) is 1. The molecule has 1 aromatic carbocycles. The van der Waals surface area contributed by atoms with Crippen molar-refractivity contribution in [2.45, 2.75) is 63.5 Å². The highest BCUT2D eigenvalue weighted by molar-refractivity contribution is 5.81. The van der Waals surface area contributed by atoms with Crippen LogP contribution in [0.3, 0.4) is 0 Å². The molecule has 2 fully saturated rings. The number of esters is 1. The Morgan fingerprint density at radius 1 is 1.22 bits per heavy atom. The fourth-order valence-corrected chi connectivity index (χ4v) is 4.85. The van der Waals surface area contributed by atoms with Gasteiger partial charge in [0.25, 0.3) is 0 Å². The fraction of sp³-hybridized carbons (Fsp3) is 0.682. The molecule has 1 aromatic rings. The summed E-state index contributed by atoms with van der Waals surface area (Å²) in [6.45, 7) is 6.87. The second kappa shape index (κ2) is 8.62. The second-order valence-electron chi connectivity index (χ2n) is 9.01. The molecule has 5 heteroatoms. The molecule has 2 unspecified atom stereocenters. The van der Waals surface area contributed by atoms with Crippen molar-refractivity contribution in [3.8, 4) is 0 Å². The summed E-state index contributed by atoms with van der Waals surface area (Å²) in [6.07, 6.45) is 6.30. The van der Waals surface area contributed by atoms with E-state index in [0.29, 0.717) is 12.2 Å². The highest BCUT2D eigenvalue weighted by Gasteiger charge is 2.49. The SMILES string of the molecule is CC1(C)CCC[N+]1(C)CCOC(=O)C(O)(c1ccccc1)C1CCCC1.[Br-]. The van der Waals surface area contributed by atoms with Crippen molar-refractivity contribution < 1.29 is 36.1 Å². The highest BCUT2D eigenvalue weighted by Crippen LogP contribution is 2.41. The number of likely N-dealkylation sites (tertiary alicyclic amines) is 1. The molecule has 1 aliphatic heterocycles. The van der Waals surface area contributed by atoms with Crippen molar-refractivity contribution in [2.24, 2.45) is 5.92 Å². The first-order chi connectivity index (χ1) is 12.3. The fourth-order valence-electron chi connectivity index (χ4n) is 4.85. The number of ether oxygens (including phenoxy) is 1. The number of carbonyl (C=O) groups is 1. The van der Waals surface area contributed by atoms with Crippen LogP contribution in [-0.4, -0.2) is 47.8 Å². The van der Waals surface area contributed by atoms with E-state index in [4.69, 9.17) is 4.74 Å². The molecule has 152 valence electrons. The van der Waals surface area contributed by atoms with Crippen LogP contribution < -0.4 is 17.0 Å².